The van der Waals surface area contributed by atoms with Crippen molar-refractivity contribution in [3.63, 3.8) is 0 Å². The van der Waals surface area contributed by atoms with Crippen molar-refractivity contribution < 1.29 is 4.74 Å². The molecule has 0 unspecified atom stereocenters. The van der Waals surface area contributed by atoms with Crippen LogP contribution < -0.4 is 10.1 Å². The summed E-state index contributed by atoms with van der Waals surface area (Å²) in [6.07, 6.45) is 1.04. The molecule has 0 saturated carbocycles. The Kier molecular flexibility index (Phi) is 7.17. The van der Waals surface area contributed by atoms with Gasteiger partial charge >= 0.3 is 0 Å². The van der Waals surface area contributed by atoms with Gasteiger partial charge in [-0.05, 0) is 65.9 Å². The van der Waals surface area contributed by atoms with Crippen LogP contribution in [0, 0.1) is 6.92 Å². The summed E-state index contributed by atoms with van der Waals surface area (Å²) < 4.78 is 7.15. The fourth-order valence-electron chi connectivity index (χ4n) is 2.05. The number of ether oxygens (including phenoxy) is 1. The summed E-state index contributed by atoms with van der Waals surface area (Å²) in [6, 6.07) is 4.26. The van der Waals surface area contributed by atoms with Crippen molar-refractivity contribution in [1.29, 1.82) is 0 Å². The van der Waals surface area contributed by atoms with Gasteiger partial charge in [0.2, 0.25) is 0 Å². The summed E-state index contributed by atoms with van der Waals surface area (Å²) in [5, 5.41) is 3.53. The highest BCUT2D eigenvalue weighted by molar-refractivity contribution is 9.10. The second-order valence-electron chi connectivity index (χ2n) is 6.82. The Morgan fingerprint density at radius 3 is 2.48 bits per heavy atom. The standard InChI is InChI=1S/C17H29BrN2O/c1-13-10-15(18)11-14(12-19-17(2,3)4)16(13)21-9-7-8-20(5)6/h10-11,19H,7-9,12H2,1-6H3. The van der Waals surface area contributed by atoms with E-state index in [1.807, 2.05) is 0 Å². The second-order valence-corrected chi connectivity index (χ2v) is 7.74. The fourth-order valence-corrected chi connectivity index (χ4v) is 2.67. The molecule has 1 N–H and O–H groups in total. The maximum atomic E-state index is 6.05. The molecule has 0 aliphatic rings. The number of halogens is 1. The Balaban J connectivity index is 2.75. The molecule has 0 heterocycles. The van der Waals surface area contributed by atoms with Gasteiger partial charge in [-0.15, -0.1) is 0 Å². The lowest BCUT2D eigenvalue weighted by Gasteiger charge is -2.23. The third kappa shape index (κ3) is 7.30. The zero-order valence-electron chi connectivity index (χ0n) is 14.2. The average Bonchev–Trinajstić information content (AvgIpc) is 2.32. The van der Waals surface area contributed by atoms with Gasteiger partial charge in [0.15, 0.2) is 0 Å². The van der Waals surface area contributed by atoms with E-state index in [1.54, 1.807) is 0 Å². The number of aryl methyl sites for hydroxylation is 1. The smallest absolute Gasteiger partial charge is 0.126 e. The summed E-state index contributed by atoms with van der Waals surface area (Å²) in [4.78, 5) is 2.18. The highest BCUT2D eigenvalue weighted by Crippen LogP contribution is 2.28. The Morgan fingerprint density at radius 1 is 1.24 bits per heavy atom. The topological polar surface area (TPSA) is 24.5 Å². The van der Waals surface area contributed by atoms with Crippen molar-refractivity contribution >= 4 is 15.9 Å². The van der Waals surface area contributed by atoms with E-state index in [0.717, 1.165) is 36.3 Å². The van der Waals surface area contributed by atoms with Crippen LogP contribution in [0.15, 0.2) is 16.6 Å². The first-order valence-electron chi connectivity index (χ1n) is 7.50. The molecule has 21 heavy (non-hydrogen) atoms. The van der Waals surface area contributed by atoms with Gasteiger partial charge in [0, 0.05) is 28.7 Å². The van der Waals surface area contributed by atoms with Gasteiger partial charge in [0.1, 0.15) is 5.75 Å². The molecule has 120 valence electrons. The van der Waals surface area contributed by atoms with E-state index in [-0.39, 0.29) is 5.54 Å². The van der Waals surface area contributed by atoms with Crippen LogP contribution in [0.3, 0.4) is 0 Å². The Morgan fingerprint density at radius 2 is 1.90 bits per heavy atom. The lowest BCUT2D eigenvalue weighted by Crippen LogP contribution is -2.35. The third-order valence-corrected chi connectivity index (χ3v) is 3.58. The Labute approximate surface area is 138 Å². The molecule has 0 saturated heterocycles. The van der Waals surface area contributed by atoms with Crippen LogP contribution in [0.5, 0.6) is 5.75 Å². The number of hydrogen-bond acceptors (Lipinski definition) is 3. The van der Waals surface area contributed by atoms with Gasteiger partial charge in [-0.3, -0.25) is 0 Å². The zero-order valence-corrected chi connectivity index (χ0v) is 15.8. The van der Waals surface area contributed by atoms with Crippen LogP contribution in [-0.4, -0.2) is 37.7 Å². The third-order valence-electron chi connectivity index (χ3n) is 3.12. The largest absolute Gasteiger partial charge is 0.493 e. The lowest BCUT2D eigenvalue weighted by molar-refractivity contribution is 0.276. The summed E-state index contributed by atoms with van der Waals surface area (Å²) >= 11 is 3.58. The second kappa shape index (κ2) is 8.16. The summed E-state index contributed by atoms with van der Waals surface area (Å²) in [5.41, 5.74) is 2.49. The molecule has 0 aliphatic heterocycles. The minimum atomic E-state index is 0.0956. The van der Waals surface area contributed by atoms with Crippen LogP contribution in [0.4, 0.5) is 0 Å². The first-order chi connectivity index (χ1) is 9.69. The van der Waals surface area contributed by atoms with Crippen molar-refractivity contribution in [2.45, 2.75) is 46.2 Å². The molecule has 1 aromatic carbocycles. The van der Waals surface area contributed by atoms with E-state index in [9.17, 15) is 0 Å². The van der Waals surface area contributed by atoms with Crippen molar-refractivity contribution in [3.8, 4) is 5.75 Å². The first-order valence-corrected chi connectivity index (χ1v) is 8.30. The molecule has 3 nitrogen and oxygen atoms in total. The van der Waals surface area contributed by atoms with Crippen LogP contribution in [0.25, 0.3) is 0 Å². The summed E-state index contributed by atoms with van der Waals surface area (Å²) in [6.45, 7) is 11.2. The molecule has 0 fully saturated rings. The van der Waals surface area contributed by atoms with Crippen molar-refractivity contribution in [2.75, 3.05) is 27.2 Å². The Bertz CT molecular complexity index is 453. The Hall–Kier alpha value is -0.580. The van der Waals surface area contributed by atoms with Crippen LogP contribution >= 0.6 is 15.9 Å². The molecule has 0 spiro atoms. The zero-order chi connectivity index (χ0) is 16.0. The van der Waals surface area contributed by atoms with E-state index < -0.39 is 0 Å². The quantitative estimate of drug-likeness (QED) is 0.747. The lowest BCUT2D eigenvalue weighted by atomic mass is 10.1. The number of rotatable bonds is 7. The number of hydrogen-bond donors (Lipinski definition) is 1. The molecule has 0 aromatic heterocycles. The van der Waals surface area contributed by atoms with E-state index >= 15 is 0 Å². The van der Waals surface area contributed by atoms with Gasteiger partial charge in [-0.1, -0.05) is 15.9 Å². The van der Waals surface area contributed by atoms with Gasteiger partial charge in [0.25, 0.3) is 0 Å². The van der Waals surface area contributed by atoms with Gasteiger partial charge < -0.3 is 15.0 Å². The molecule has 0 bridgehead atoms. The predicted molar refractivity (Wildman–Crippen MR) is 94.1 cm³/mol. The molecule has 0 amide bonds. The normalized spacial score (nSPS) is 12.0. The van der Waals surface area contributed by atoms with Crippen LogP contribution in [-0.2, 0) is 6.54 Å². The molecule has 1 rings (SSSR count). The monoisotopic (exact) mass is 356 g/mol. The molecule has 0 radical (unpaired) electrons. The van der Waals surface area contributed by atoms with Crippen molar-refractivity contribution in [1.82, 2.24) is 10.2 Å². The van der Waals surface area contributed by atoms with Crippen molar-refractivity contribution in [3.05, 3.63) is 27.7 Å². The average molecular weight is 357 g/mol. The fraction of sp³-hybridized carbons (Fsp3) is 0.647. The van der Waals surface area contributed by atoms with E-state index in [0.29, 0.717) is 0 Å². The highest BCUT2D eigenvalue weighted by atomic mass is 79.9. The predicted octanol–water partition coefficient (Wildman–Crippen LogP) is 3.98. The first kappa shape index (κ1) is 18.5. The van der Waals surface area contributed by atoms with Crippen LogP contribution in [0.1, 0.15) is 38.3 Å². The molecule has 0 aliphatic carbocycles. The number of benzene rings is 1. The SMILES string of the molecule is Cc1cc(Br)cc(CNC(C)(C)C)c1OCCCN(C)C. The van der Waals surface area contributed by atoms with E-state index in [1.165, 1.54) is 11.1 Å². The molecule has 0 atom stereocenters. The number of nitrogens with one attached hydrogen (secondary N) is 1. The molecule has 1 aromatic rings. The molecular formula is C17H29BrN2O. The molecule has 4 heteroatoms. The van der Waals surface area contributed by atoms with E-state index in [4.69, 9.17) is 4.74 Å². The highest BCUT2D eigenvalue weighted by Gasteiger charge is 2.13. The maximum Gasteiger partial charge on any atom is 0.126 e. The number of nitrogens with zero attached hydrogens (tertiary/aromatic N) is 1. The molecular weight excluding hydrogens is 328 g/mol. The van der Waals surface area contributed by atoms with E-state index in [2.05, 4.69) is 80.1 Å². The maximum absolute atomic E-state index is 6.05. The van der Waals surface area contributed by atoms with Crippen molar-refractivity contribution in [2.24, 2.45) is 0 Å². The minimum Gasteiger partial charge on any atom is -0.493 e. The van der Waals surface area contributed by atoms with Gasteiger partial charge in [-0.2, -0.15) is 0 Å². The van der Waals surface area contributed by atoms with Gasteiger partial charge in [0.05, 0.1) is 6.61 Å². The van der Waals surface area contributed by atoms with Crippen LogP contribution in [0.2, 0.25) is 0 Å². The summed E-state index contributed by atoms with van der Waals surface area (Å²) in [5.74, 6) is 1.02. The summed E-state index contributed by atoms with van der Waals surface area (Å²) in [7, 11) is 4.17. The van der Waals surface area contributed by atoms with Gasteiger partial charge in [-0.25, -0.2) is 0 Å². The minimum absolute atomic E-state index is 0.0956.